The zero-order chi connectivity index (χ0) is 20.3. The topological polar surface area (TPSA) is 79.0 Å². The third kappa shape index (κ3) is 3.61. The lowest BCUT2D eigenvalue weighted by atomic mass is 9.83. The molecule has 0 bridgehead atoms. The van der Waals surface area contributed by atoms with Gasteiger partial charge in [-0.15, -0.1) is 0 Å². The van der Waals surface area contributed by atoms with Crippen molar-refractivity contribution in [2.45, 2.75) is 18.4 Å². The molecule has 0 aliphatic carbocycles. The molecule has 150 valence electrons. The summed E-state index contributed by atoms with van der Waals surface area (Å²) in [6.45, 7) is 1.50. The van der Waals surface area contributed by atoms with Crippen molar-refractivity contribution in [3.05, 3.63) is 71.8 Å². The zero-order valence-corrected chi connectivity index (χ0v) is 16.0. The summed E-state index contributed by atoms with van der Waals surface area (Å²) in [5.74, 6) is -0.904. The predicted molar refractivity (Wildman–Crippen MR) is 106 cm³/mol. The second-order valence-corrected chi connectivity index (χ2v) is 7.27. The van der Waals surface area contributed by atoms with Gasteiger partial charge in [0.05, 0.1) is 6.54 Å². The molecule has 0 saturated carbocycles. The maximum Gasteiger partial charge on any atom is 0.328 e. The monoisotopic (exact) mass is 393 g/mol. The fraction of sp³-hybridized carbons (Fsp3) is 0.318. The van der Waals surface area contributed by atoms with Crippen LogP contribution in [0.2, 0.25) is 0 Å². The second kappa shape index (κ2) is 8.05. The van der Waals surface area contributed by atoms with Crippen molar-refractivity contribution in [2.75, 3.05) is 26.4 Å². The molecule has 2 heterocycles. The fourth-order valence-corrected chi connectivity index (χ4v) is 3.93. The number of imide groups is 1. The van der Waals surface area contributed by atoms with Crippen LogP contribution >= 0.6 is 0 Å². The van der Waals surface area contributed by atoms with Crippen LogP contribution in [0.15, 0.2) is 60.7 Å². The van der Waals surface area contributed by atoms with E-state index in [4.69, 9.17) is 4.74 Å². The van der Waals surface area contributed by atoms with Gasteiger partial charge in [0.25, 0.3) is 5.91 Å². The first kappa shape index (κ1) is 19.1. The third-order valence-electron chi connectivity index (χ3n) is 5.43. The molecule has 0 aromatic heterocycles. The summed E-state index contributed by atoms with van der Waals surface area (Å²) in [7, 11) is 0. The highest BCUT2D eigenvalue weighted by atomic mass is 16.5. The van der Waals surface area contributed by atoms with Gasteiger partial charge in [-0.05, 0) is 37.1 Å². The number of rotatable bonds is 6. The summed E-state index contributed by atoms with van der Waals surface area (Å²) >= 11 is 0. The normalized spacial score (nSPS) is 18.7. The van der Waals surface area contributed by atoms with Crippen molar-refractivity contribution in [1.29, 1.82) is 0 Å². The van der Waals surface area contributed by atoms with Crippen molar-refractivity contribution in [3.63, 3.8) is 0 Å². The van der Waals surface area contributed by atoms with Gasteiger partial charge in [0.1, 0.15) is 0 Å². The molecule has 0 radical (unpaired) electrons. The van der Waals surface area contributed by atoms with Crippen LogP contribution in [-0.4, -0.2) is 54.1 Å². The average Bonchev–Trinajstić information content (AvgIpc) is 3.34. The van der Waals surface area contributed by atoms with E-state index < -0.39 is 30.2 Å². The maximum atomic E-state index is 13.4. The van der Waals surface area contributed by atoms with Gasteiger partial charge in [-0.1, -0.05) is 60.7 Å². The van der Waals surface area contributed by atoms with Crippen LogP contribution in [0.3, 0.4) is 0 Å². The Labute approximate surface area is 169 Å². The Hall–Kier alpha value is -3.19. The van der Waals surface area contributed by atoms with Crippen LogP contribution in [-0.2, 0) is 19.9 Å². The van der Waals surface area contributed by atoms with Gasteiger partial charge in [-0.3, -0.25) is 14.5 Å². The molecule has 2 aromatic rings. The van der Waals surface area contributed by atoms with E-state index in [1.807, 2.05) is 41.3 Å². The van der Waals surface area contributed by atoms with Gasteiger partial charge in [0, 0.05) is 0 Å². The largest absolute Gasteiger partial charge is 0.443 e. The lowest BCUT2D eigenvalue weighted by Crippen LogP contribution is -2.45. The van der Waals surface area contributed by atoms with Crippen LogP contribution in [0.4, 0.5) is 4.79 Å². The van der Waals surface area contributed by atoms with Crippen molar-refractivity contribution in [3.8, 4) is 0 Å². The molecule has 0 spiro atoms. The van der Waals surface area contributed by atoms with E-state index >= 15 is 0 Å². The third-order valence-corrected chi connectivity index (χ3v) is 5.43. The van der Waals surface area contributed by atoms with Crippen LogP contribution in [0.1, 0.15) is 24.0 Å². The standard InChI is InChI=1S/C22H23N3O4/c26-19(15-24-13-7-8-14-24)29-16-25-20(27)22(23-21(25)28,17-9-3-1-4-10-17)18-11-5-2-6-12-18/h1-6,9-12H,7-8,13-16H2,(H,23,28). The average molecular weight is 393 g/mol. The number of nitrogens with zero attached hydrogens (tertiary/aromatic N) is 2. The number of carbonyl (C=O) groups excluding carboxylic acids is 3. The summed E-state index contributed by atoms with van der Waals surface area (Å²) in [6.07, 6.45) is 2.13. The Balaban J connectivity index is 1.56. The first-order valence-corrected chi connectivity index (χ1v) is 9.74. The first-order valence-electron chi connectivity index (χ1n) is 9.74. The molecule has 2 saturated heterocycles. The lowest BCUT2D eigenvalue weighted by molar-refractivity contribution is -0.151. The van der Waals surface area contributed by atoms with Gasteiger partial charge in [0.15, 0.2) is 12.3 Å². The first-order chi connectivity index (χ1) is 14.1. The van der Waals surface area contributed by atoms with Gasteiger partial charge < -0.3 is 10.1 Å². The molecule has 3 amide bonds. The number of benzene rings is 2. The number of hydrogen-bond donors (Lipinski definition) is 1. The summed E-state index contributed by atoms with van der Waals surface area (Å²) in [6, 6.07) is 17.6. The maximum absolute atomic E-state index is 13.4. The molecule has 7 heteroatoms. The van der Waals surface area contributed by atoms with E-state index in [9.17, 15) is 14.4 Å². The zero-order valence-electron chi connectivity index (χ0n) is 16.0. The minimum Gasteiger partial charge on any atom is -0.443 e. The van der Waals surface area contributed by atoms with Crippen LogP contribution < -0.4 is 5.32 Å². The number of carbonyl (C=O) groups is 3. The van der Waals surface area contributed by atoms with E-state index in [1.165, 1.54) is 0 Å². The minimum atomic E-state index is -1.35. The Bertz CT molecular complexity index is 855. The fourth-order valence-electron chi connectivity index (χ4n) is 3.93. The van der Waals surface area contributed by atoms with E-state index in [-0.39, 0.29) is 6.54 Å². The molecule has 2 aromatic carbocycles. The Morgan fingerprint density at radius 3 is 2.03 bits per heavy atom. The van der Waals surface area contributed by atoms with Crippen LogP contribution in [0.25, 0.3) is 0 Å². The molecule has 2 fully saturated rings. The molecular weight excluding hydrogens is 370 g/mol. The summed E-state index contributed by atoms with van der Waals surface area (Å²) in [4.78, 5) is 41.2. The Morgan fingerprint density at radius 1 is 0.931 bits per heavy atom. The van der Waals surface area contributed by atoms with Crippen molar-refractivity contribution >= 4 is 17.9 Å². The molecule has 4 rings (SSSR count). The van der Waals surface area contributed by atoms with Crippen LogP contribution in [0.5, 0.6) is 0 Å². The minimum absolute atomic E-state index is 0.173. The number of urea groups is 1. The number of esters is 1. The molecular formula is C22H23N3O4. The highest BCUT2D eigenvalue weighted by molar-refractivity contribution is 6.09. The Kier molecular flexibility index (Phi) is 5.31. The van der Waals surface area contributed by atoms with Gasteiger partial charge >= 0.3 is 12.0 Å². The highest BCUT2D eigenvalue weighted by Gasteiger charge is 2.54. The number of ether oxygens (including phenoxy) is 1. The lowest BCUT2D eigenvalue weighted by Gasteiger charge is -2.28. The number of likely N-dealkylation sites (tertiary alicyclic amines) is 1. The molecule has 0 unspecified atom stereocenters. The number of hydrogen-bond acceptors (Lipinski definition) is 5. The van der Waals surface area contributed by atoms with Gasteiger partial charge in [-0.25, -0.2) is 9.69 Å². The van der Waals surface area contributed by atoms with Gasteiger partial charge in [-0.2, -0.15) is 0 Å². The van der Waals surface area contributed by atoms with E-state index in [0.717, 1.165) is 30.8 Å². The highest BCUT2D eigenvalue weighted by Crippen LogP contribution is 2.35. The molecule has 7 nitrogen and oxygen atoms in total. The van der Waals surface area contributed by atoms with E-state index in [1.54, 1.807) is 24.3 Å². The Morgan fingerprint density at radius 2 is 1.48 bits per heavy atom. The van der Waals surface area contributed by atoms with E-state index in [2.05, 4.69) is 5.32 Å². The molecule has 2 aliphatic heterocycles. The quantitative estimate of drug-likeness (QED) is 0.601. The number of nitrogens with one attached hydrogen (secondary N) is 1. The molecule has 29 heavy (non-hydrogen) atoms. The number of amides is 3. The van der Waals surface area contributed by atoms with Crippen molar-refractivity contribution < 1.29 is 19.1 Å². The van der Waals surface area contributed by atoms with Crippen molar-refractivity contribution in [2.24, 2.45) is 0 Å². The van der Waals surface area contributed by atoms with E-state index in [0.29, 0.717) is 11.1 Å². The summed E-state index contributed by atoms with van der Waals surface area (Å²) < 4.78 is 5.26. The molecule has 1 N–H and O–H groups in total. The van der Waals surface area contributed by atoms with Crippen molar-refractivity contribution in [1.82, 2.24) is 15.1 Å². The summed E-state index contributed by atoms with van der Waals surface area (Å²) in [5, 5.41) is 2.83. The molecule has 0 atom stereocenters. The molecule has 2 aliphatic rings. The SMILES string of the molecule is O=C(CN1CCCC1)OCN1C(=O)NC(c2ccccc2)(c2ccccc2)C1=O. The summed E-state index contributed by atoms with van der Waals surface area (Å²) in [5.41, 5.74) is -0.0491. The smallest absolute Gasteiger partial charge is 0.328 e. The van der Waals surface area contributed by atoms with Gasteiger partial charge in [0.2, 0.25) is 0 Å². The second-order valence-electron chi connectivity index (χ2n) is 7.27. The van der Waals surface area contributed by atoms with Crippen LogP contribution in [0, 0.1) is 0 Å². The predicted octanol–water partition coefficient (Wildman–Crippen LogP) is 2.08.